The minimum absolute atomic E-state index is 0. The topological polar surface area (TPSA) is 140 Å². The summed E-state index contributed by atoms with van der Waals surface area (Å²) in [6.07, 6.45) is 0. The molecule has 0 spiro atoms. The number of carbonyl (C=O) groups is 1. The average molecular weight is 582 g/mol. The Bertz CT molecular complexity index is 1700. The molecular formula is C25H18Cl2N3NaO6S. The van der Waals surface area contributed by atoms with Gasteiger partial charge in [0.25, 0.3) is 16.0 Å². The molecule has 4 aromatic carbocycles. The monoisotopic (exact) mass is 581 g/mol. The van der Waals surface area contributed by atoms with Crippen molar-refractivity contribution in [2.24, 2.45) is 10.2 Å². The van der Waals surface area contributed by atoms with Crippen LogP contribution in [-0.2, 0) is 10.1 Å². The molecule has 0 heterocycles. The SMILES string of the molecule is COc1cccc(Cl)c1NC(=O)c1cc2ccccc2c(N=Nc2cc(S(=O)(=O)O)c(C)cc2Cl)c1[O-].[Na+]. The van der Waals surface area contributed by atoms with E-state index in [1.165, 1.54) is 26.2 Å². The summed E-state index contributed by atoms with van der Waals surface area (Å²) < 4.78 is 38.1. The quantitative estimate of drug-likeness (QED) is 0.203. The van der Waals surface area contributed by atoms with E-state index in [0.717, 1.165) is 6.07 Å². The maximum absolute atomic E-state index is 13.4. The summed E-state index contributed by atoms with van der Waals surface area (Å²) in [6.45, 7) is 1.45. The molecule has 0 aliphatic rings. The van der Waals surface area contributed by atoms with Gasteiger partial charge in [-0.3, -0.25) is 9.35 Å². The molecule has 0 aromatic heterocycles. The molecule has 1 amide bonds. The van der Waals surface area contributed by atoms with Crippen molar-refractivity contribution in [2.75, 3.05) is 12.4 Å². The molecule has 4 rings (SSSR count). The van der Waals surface area contributed by atoms with Gasteiger partial charge in [-0.15, -0.1) is 5.11 Å². The molecule has 0 aliphatic carbocycles. The smallest absolute Gasteiger partial charge is 0.870 e. The second-order valence-electron chi connectivity index (χ2n) is 7.84. The second kappa shape index (κ2) is 12.0. The number of ether oxygens (including phenoxy) is 1. The van der Waals surface area contributed by atoms with Crippen molar-refractivity contribution in [2.45, 2.75) is 11.8 Å². The van der Waals surface area contributed by atoms with Gasteiger partial charge in [-0.1, -0.05) is 59.3 Å². The van der Waals surface area contributed by atoms with Crippen LogP contribution in [0.2, 0.25) is 10.0 Å². The van der Waals surface area contributed by atoms with E-state index in [-0.39, 0.29) is 67.8 Å². The van der Waals surface area contributed by atoms with E-state index in [1.54, 1.807) is 42.5 Å². The third-order valence-electron chi connectivity index (χ3n) is 5.43. The van der Waals surface area contributed by atoms with Gasteiger partial charge in [-0.25, -0.2) is 0 Å². The van der Waals surface area contributed by atoms with Crippen molar-refractivity contribution >= 4 is 67.1 Å². The molecule has 0 bridgehead atoms. The number of para-hydroxylation sites is 1. The van der Waals surface area contributed by atoms with Gasteiger partial charge in [-0.2, -0.15) is 13.5 Å². The van der Waals surface area contributed by atoms with Gasteiger partial charge >= 0.3 is 29.6 Å². The first kappa shape index (κ1) is 29.9. The molecule has 0 atom stereocenters. The van der Waals surface area contributed by atoms with Crippen LogP contribution in [0, 0.1) is 6.92 Å². The van der Waals surface area contributed by atoms with E-state index in [0.29, 0.717) is 16.5 Å². The third kappa shape index (κ3) is 6.13. The number of carbonyl (C=O) groups excluding carboxylic acids is 1. The zero-order chi connectivity index (χ0) is 26.9. The summed E-state index contributed by atoms with van der Waals surface area (Å²) in [5.41, 5.74) is -0.103. The first-order valence-electron chi connectivity index (χ1n) is 10.6. The van der Waals surface area contributed by atoms with Gasteiger partial charge in [0.15, 0.2) is 0 Å². The number of nitrogens with zero attached hydrogens (tertiary/aromatic N) is 2. The van der Waals surface area contributed by atoms with E-state index < -0.39 is 26.7 Å². The fourth-order valence-electron chi connectivity index (χ4n) is 3.65. The number of hydrogen-bond donors (Lipinski definition) is 2. The van der Waals surface area contributed by atoms with E-state index >= 15 is 0 Å². The molecule has 0 saturated carbocycles. The van der Waals surface area contributed by atoms with Crippen LogP contribution in [0.25, 0.3) is 10.8 Å². The van der Waals surface area contributed by atoms with Crippen molar-refractivity contribution in [3.63, 3.8) is 0 Å². The van der Waals surface area contributed by atoms with Gasteiger partial charge in [0.05, 0.1) is 27.7 Å². The molecule has 0 fully saturated rings. The first-order valence-corrected chi connectivity index (χ1v) is 12.8. The number of rotatable bonds is 6. The van der Waals surface area contributed by atoms with Gasteiger partial charge in [0, 0.05) is 10.9 Å². The fraction of sp³-hybridized carbons (Fsp3) is 0.0800. The molecule has 4 aromatic rings. The Morgan fingerprint density at radius 2 is 1.74 bits per heavy atom. The fourth-order valence-corrected chi connectivity index (χ4v) is 4.85. The van der Waals surface area contributed by atoms with Crippen LogP contribution in [-0.4, -0.2) is 26.0 Å². The summed E-state index contributed by atoms with van der Waals surface area (Å²) in [5, 5.41) is 25.2. The molecule has 38 heavy (non-hydrogen) atoms. The molecule has 13 heteroatoms. The maximum atomic E-state index is 13.4. The van der Waals surface area contributed by atoms with Crippen molar-refractivity contribution in [1.29, 1.82) is 0 Å². The molecule has 9 nitrogen and oxygen atoms in total. The number of azo groups is 1. The van der Waals surface area contributed by atoms with Gasteiger partial charge < -0.3 is 15.2 Å². The normalized spacial score (nSPS) is 11.4. The third-order valence-corrected chi connectivity index (χ3v) is 7.05. The maximum Gasteiger partial charge on any atom is 1.00 e. The van der Waals surface area contributed by atoms with Crippen molar-refractivity contribution in [3.8, 4) is 11.5 Å². The molecule has 190 valence electrons. The minimum Gasteiger partial charge on any atom is -0.870 e. The second-order valence-corrected chi connectivity index (χ2v) is 10.0. The van der Waals surface area contributed by atoms with Crippen molar-refractivity contribution in [3.05, 3.63) is 81.8 Å². The summed E-state index contributed by atoms with van der Waals surface area (Å²) in [7, 11) is -3.14. The number of benzene rings is 4. The van der Waals surface area contributed by atoms with E-state index in [1.807, 2.05) is 0 Å². The standard InChI is InChI=1S/C25H19Cl2N3O6S.Na/c1-13-10-18(27)19(12-21(13)37(33,34)35)29-30-22-15-7-4-3-6-14(15)11-16(24(22)31)25(32)28-23-17(26)8-5-9-20(23)36-2;/h3-12,31H,1-2H3,(H,28,32)(H,33,34,35);/q;+1/p-1. The Labute approximate surface area is 250 Å². The van der Waals surface area contributed by atoms with Crippen LogP contribution in [0.5, 0.6) is 11.5 Å². The van der Waals surface area contributed by atoms with E-state index in [9.17, 15) is 22.9 Å². The number of methoxy groups -OCH3 is 1. The van der Waals surface area contributed by atoms with E-state index in [2.05, 4.69) is 15.5 Å². The summed E-state index contributed by atoms with van der Waals surface area (Å²) in [6, 6.07) is 15.3. The van der Waals surface area contributed by atoms with Crippen molar-refractivity contribution in [1.82, 2.24) is 0 Å². The van der Waals surface area contributed by atoms with Gasteiger partial charge in [0.1, 0.15) is 17.1 Å². The van der Waals surface area contributed by atoms with Crippen LogP contribution in [0.1, 0.15) is 15.9 Å². The average Bonchev–Trinajstić information content (AvgIpc) is 2.84. The Kier molecular flexibility index (Phi) is 9.43. The van der Waals surface area contributed by atoms with Crippen LogP contribution in [0.4, 0.5) is 17.1 Å². The van der Waals surface area contributed by atoms with Crippen LogP contribution in [0.3, 0.4) is 0 Å². The van der Waals surface area contributed by atoms with Crippen LogP contribution >= 0.6 is 23.2 Å². The molecule has 0 saturated heterocycles. The number of anilines is 1. The number of hydrogen-bond acceptors (Lipinski definition) is 7. The Morgan fingerprint density at radius 3 is 2.42 bits per heavy atom. The predicted molar refractivity (Wildman–Crippen MR) is 140 cm³/mol. The summed E-state index contributed by atoms with van der Waals surface area (Å²) >= 11 is 12.4. The molecular weight excluding hydrogens is 564 g/mol. The largest absolute Gasteiger partial charge is 1.00 e. The van der Waals surface area contributed by atoms with E-state index in [4.69, 9.17) is 27.9 Å². The van der Waals surface area contributed by atoms with Gasteiger partial charge in [0.2, 0.25) is 0 Å². The number of amides is 1. The number of fused-ring (bicyclic) bond motifs is 1. The van der Waals surface area contributed by atoms with Crippen LogP contribution < -0.4 is 44.7 Å². The summed E-state index contributed by atoms with van der Waals surface area (Å²) in [4.78, 5) is 12.8. The molecule has 2 N–H and O–H groups in total. The van der Waals surface area contributed by atoms with Gasteiger partial charge in [-0.05, 0) is 48.2 Å². The van der Waals surface area contributed by atoms with Crippen molar-refractivity contribution < 1.29 is 57.2 Å². The molecule has 0 radical (unpaired) electrons. The Hall–Kier alpha value is -2.70. The zero-order valence-electron chi connectivity index (χ0n) is 20.3. The number of nitrogens with one attached hydrogen (secondary N) is 1. The molecule has 0 unspecified atom stereocenters. The molecule has 0 aliphatic heterocycles. The number of aryl methyl sites for hydroxylation is 1. The van der Waals surface area contributed by atoms with Crippen LogP contribution in [0.15, 0.2) is 75.8 Å². The number of halogens is 2. The summed E-state index contributed by atoms with van der Waals surface area (Å²) in [5.74, 6) is -1.18. The Morgan fingerprint density at radius 1 is 1.03 bits per heavy atom. The zero-order valence-corrected chi connectivity index (χ0v) is 24.6. The Balaban J connectivity index is 0.00000400. The predicted octanol–water partition coefficient (Wildman–Crippen LogP) is 3.46. The first-order chi connectivity index (χ1) is 17.5. The minimum atomic E-state index is -4.55.